The summed E-state index contributed by atoms with van der Waals surface area (Å²) in [4.78, 5) is 18.8. The largest absolute Gasteiger partial charge is 0.459 e. The first-order valence-corrected chi connectivity index (χ1v) is 15.6. The molecule has 240 valence electrons. The summed E-state index contributed by atoms with van der Waals surface area (Å²) < 4.78 is 67.6. The van der Waals surface area contributed by atoms with Crippen LogP contribution in [0.4, 0.5) is 28.4 Å². The van der Waals surface area contributed by atoms with Gasteiger partial charge in [-0.25, -0.2) is 17.6 Å². The van der Waals surface area contributed by atoms with Gasteiger partial charge in [-0.3, -0.25) is 9.89 Å². The zero-order valence-corrected chi connectivity index (χ0v) is 26.8. The van der Waals surface area contributed by atoms with Gasteiger partial charge in [0.1, 0.15) is 46.3 Å². The van der Waals surface area contributed by atoms with Crippen molar-refractivity contribution in [3.05, 3.63) is 52.6 Å². The van der Waals surface area contributed by atoms with Crippen molar-refractivity contribution in [2.24, 2.45) is 4.99 Å². The number of nitrogens with zero attached hydrogens (tertiary/aromatic N) is 7. The highest BCUT2D eigenvalue weighted by Crippen LogP contribution is 2.47. The van der Waals surface area contributed by atoms with E-state index in [0.717, 1.165) is 11.3 Å². The van der Waals surface area contributed by atoms with Gasteiger partial charge in [-0.15, -0.1) is 11.3 Å². The zero-order valence-electron chi connectivity index (χ0n) is 25.2. The molecule has 0 aliphatic carbocycles. The Bertz CT molecular complexity index is 1960. The molecule has 15 heteroatoms. The van der Waals surface area contributed by atoms with E-state index >= 15 is 8.78 Å². The highest BCUT2D eigenvalue weighted by atomic mass is 35.5. The molecular formula is C31H29ClF4N8OS. The van der Waals surface area contributed by atoms with E-state index in [1.807, 2.05) is 22.8 Å². The summed E-state index contributed by atoms with van der Waals surface area (Å²) in [6.45, 7) is 4.43. The van der Waals surface area contributed by atoms with Gasteiger partial charge in [-0.2, -0.15) is 15.2 Å². The number of likely N-dealkylation sites (tertiary alicyclic amines) is 1. The minimum Gasteiger partial charge on any atom is -0.459 e. The van der Waals surface area contributed by atoms with Crippen LogP contribution in [0.5, 0.6) is 6.01 Å². The molecule has 4 aromatic rings. The van der Waals surface area contributed by atoms with Gasteiger partial charge >= 0.3 is 6.01 Å². The normalized spacial score (nSPS) is 19.6. The second-order valence-electron chi connectivity index (χ2n) is 11.4. The summed E-state index contributed by atoms with van der Waals surface area (Å²) >= 11 is 7.46. The minimum atomic E-state index is -1.13. The number of nitriles is 1. The van der Waals surface area contributed by atoms with Crippen LogP contribution in [0, 0.1) is 28.8 Å². The molecule has 0 spiro atoms. The number of hydrogen-bond acceptors (Lipinski definition) is 10. The first-order chi connectivity index (χ1) is 21.9. The third-order valence-corrected chi connectivity index (χ3v) is 9.92. The van der Waals surface area contributed by atoms with Crippen molar-refractivity contribution >= 4 is 61.0 Å². The molecule has 2 aromatic carbocycles. The van der Waals surface area contributed by atoms with E-state index in [1.54, 1.807) is 44.5 Å². The van der Waals surface area contributed by atoms with Crippen LogP contribution in [0.1, 0.15) is 25.8 Å². The maximum atomic E-state index is 16.9. The molecule has 2 aromatic heterocycles. The Labute approximate surface area is 271 Å². The smallest absolute Gasteiger partial charge is 0.319 e. The van der Waals surface area contributed by atoms with Crippen molar-refractivity contribution < 1.29 is 22.3 Å². The first kappa shape index (κ1) is 31.8. The molecule has 0 radical (unpaired) electrons. The molecule has 46 heavy (non-hydrogen) atoms. The molecule has 2 aliphatic heterocycles. The fourth-order valence-corrected chi connectivity index (χ4v) is 7.33. The Hall–Kier alpha value is -4.19. The fourth-order valence-electron chi connectivity index (χ4n) is 6.11. The highest BCUT2D eigenvalue weighted by Gasteiger charge is 2.35. The Kier molecular flexibility index (Phi) is 8.43. The van der Waals surface area contributed by atoms with Crippen molar-refractivity contribution in [1.29, 1.82) is 5.26 Å². The molecule has 2 aliphatic rings. The van der Waals surface area contributed by atoms with E-state index < -0.39 is 40.9 Å². The number of anilines is 2. The minimum absolute atomic E-state index is 0.0466. The summed E-state index contributed by atoms with van der Waals surface area (Å²) in [5.41, 5.74) is 4.70. The third-order valence-electron chi connectivity index (χ3n) is 8.60. The van der Waals surface area contributed by atoms with E-state index in [4.69, 9.17) is 22.1 Å². The lowest BCUT2D eigenvalue weighted by molar-refractivity contribution is 0.112. The van der Waals surface area contributed by atoms with Crippen molar-refractivity contribution in [3.8, 4) is 23.2 Å². The van der Waals surface area contributed by atoms with Gasteiger partial charge in [0.15, 0.2) is 5.82 Å². The number of aliphatic imine (C=N–C) groups is 1. The van der Waals surface area contributed by atoms with Crippen LogP contribution in [0.2, 0.25) is 5.02 Å². The van der Waals surface area contributed by atoms with Crippen molar-refractivity contribution in [3.63, 3.8) is 0 Å². The van der Waals surface area contributed by atoms with E-state index in [2.05, 4.69) is 15.0 Å². The number of rotatable bonds is 7. The third kappa shape index (κ3) is 5.36. The number of ether oxygens (including phenoxy) is 1. The Morgan fingerprint density at radius 1 is 1.20 bits per heavy atom. The predicted molar refractivity (Wildman–Crippen MR) is 173 cm³/mol. The van der Waals surface area contributed by atoms with Crippen LogP contribution in [0.3, 0.4) is 0 Å². The van der Waals surface area contributed by atoms with Gasteiger partial charge in [0.05, 0.1) is 28.0 Å². The summed E-state index contributed by atoms with van der Waals surface area (Å²) in [6, 6.07) is 3.42. The second kappa shape index (κ2) is 12.2. The number of nitrogen functional groups attached to an aromatic ring is 1. The standard InChI is InChI=1S/C31H29ClF4N8OS/c1-14(22-9-16(33)13-42(22)3)45-31-40-27-17(30(41-31)43(4)15(2)44-7-5-39-6-8-44)10-19(32)24(26(27)36)25-20(34)11-21(35)28-23(25)18(12-37)29(38)46-28/h5-7,10-11,14-16,22H,8-9,13,38H2,1-4H3/t14-,15-,16+,22-/m0/s1. The van der Waals surface area contributed by atoms with Crippen LogP contribution in [-0.2, 0) is 0 Å². The molecule has 4 heterocycles. The molecular weight excluding hydrogens is 644 g/mol. The first-order valence-electron chi connectivity index (χ1n) is 14.4. The van der Waals surface area contributed by atoms with Gasteiger partial charge < -0.3 is 20.3 Å². The van der Waals surface area contributed by atoms with E-state index in [-0.39, 0.29) is 73.6 Å². The molecule has 0 amide bonds. The number of fused-ring (bicyclic) bond motifs is 2. The molecule has 1 saturated heterocycles. The summed E-state index contributed by atoms with van der Waals surface area (Å²) in [7, 11) is 3.55. The van der Waals surface area contributed by atoms with Gasteiger partial charge in [0.2, 0.25) is 0 Å². The van der Waals surface area contributed by atoms with Gasteiger partial charge in [0, 0.05) is 66.2 Å². The summed E-state index contributed by atoms with van der Waals surface area (Å²) in [5, 5.41) is 9.54. The van der Waals surface area contributed by atoms with Crippen LogP contribution < -0.4 is 15.4 Å². The van der Waals surface area contributed by atoms with Crippen LogP contribution in [0.25, 0.3) is 32.1 Å². The molecule has 4 atom stereocenters. The Morgan fingerprint density at radius 3 is 2.61 bits per heavy atom. The predicted octanol–water partition coefficient (Wildman–Crippen LogP) is 6.49. The molecule has 2 N–H and O–H groups in total. The lowest BCUT2D eigenvalue weighted by Crippen LogP contribution is -2.44. The lowest BCUT2D eigenvalue weighted by Gasteiger charge is -2.36. The maximum absolute atomic E-state index is 16.9. The highest BCUT2D eigenvalue weighted by molar-refractivity contribution is 7.23. The van der Waals surface area contributed by atoms with E-state index in [0.29, 0.717) is 12.6 Å². The zero-order chi connectivity index (χ0) is 33.0. The number of hydrogen-bond donors (Lipinski definition) is 1. The maximum Gasteiger partial charge on any atom is 0.319 e. The average Bonchev–Trinajstić information content (AvgIpc) is 3.55. The Morgan fingerprint density at radius 2 is 1.96 bits per heavy atom. The quantitative estimate of drug-likeness (QED) is 0.222. The van der Waals surface area contributed by atoms with Crippen molar-refractivity contribution in [2.75, 3.05) is 37.8 Å². The molecule has 0 bridgehead atoms. The summed E-state index contributed by atoms with van der Waals surface area (Å²) in [5.74, 6) is -2.85. The number of aromatic nitrogens is 2. The number of benzene rings is 2. The molecule has 6 rings (SSSR count). The molecule has 1 fully saturated rings. The van der Waals surface area contributed by atoms with Crippen LogP contribution in [0.15, 0.2) is 29.5 Å². The van der Waals surface area contributed by atoms with Gasteiger partial charge in [-0.1, -0.05) is 11.6 Å². The van der Waals surface area contributed by atoms with Crippen LogP contribution in [-0.4, -0.2) is 77.7 Å². The number of halogens is 5. The number of likely N-dealkylation sites (N-methyl/N-ethyl adjacent to an activating group) is 1. The topological polar surface area (TPSA) is 107 Å². The Balaban J connectivity index is 1.57. The van der Waals surface area contributed by atoms with Crippen molar-refractivity contribution in [2.45, 2.75) is 44.8 Å². The SMILES string of the molecule is C[C@H](Oc1nc(N(C)[C@H](C)N2C=CN=CC2)c2cc(Cl)c(-c3c(F)cc(F)c4sc(N)c(C#N)c34)c(F)c2n1)[C@@H]1C[C@@H](F)CN1C. The number of alkyl halides is 1. The van der Waals surface area contributed by atoms with E-state index in [1.165, 1.54) is 6.07 Å². The number of nitrogens with two attached hydrogens (primary N) is 1. The van der Waals surface area contributed by atoms with Crippen LogP contribution >= 0.6 is 22.9 Å². The molecule has 0 unspecified atom stereocenters. The summed E-state index contributed by atoms with van der Waals surface area (Å²) in [6.07, 6.45) is 3.53. The second-order valence-corrected chi connectivity index (χ2v) is 12.8. The lowest BCUT2D eigenvalue weighted by atomic mass is 9.96. The number of thiophene rings is 1. The van der Waals surface area contributed by atoms with Crippen molar-refractivity contribution in [1.82, 2.24) is 19.8 Å². The average molecular weight is 673 g/mol. The molecule has 0 saturated carbocycles. The monoisotopic (exact) mass is 672 g/mol. The van der Waals surface area contributed by atoms with E-state index in [9.17, 15) is 14.0 Å². The van der Waals surface area contributed by atoms with Gasteiger partial charge in [0.25, 0.3) is 0 Å². The fraction of sp³-hybridized carbons (Fsp3) is 0.355. The van der Waals surface area contributed by atoms with Gasteiger partial charge in [-0.05, 0) is 33.4 Å². The molecule has 9 nitrogen and oxygen atoms in total.